The van der Waals surface area contributed by atoms with Gasteiger partial charge in [-0.3, -0.25) is 14.7 Å². The third kappa shape index (κ3) is 3.27. The highest BCUT2D eigenvalue weighted by Gasteiger charge is 2.19. The third-order valence-electron chi connectivity index (χ3n) is 1.29. The monoisotopic (exact) mass is 274 g/mol. The maximum Gasteiger partial charge on any atom is 0.307 e. The van der Waals surface area contributed by atoms with Crippen molar-refractivity contribution in [2.24, 2.45) is 0 Å². The van der Waals surface area contributed by atoms with Crippen molar-refractivity contribution in [3.8, 4) is 0 Å². The van der Waals surface area contributed by atoms with Crippen LogP contribution >= 0.6 is 24.0 Å². The lowest BCUT2D eigenvalue weighted by molar-refractivity contribution is -0.385. The van der Waals surface area contributed by atoms with Gasteiger partial charge in [0.25, 0.3) is 10.1 Å². The Kier molecular flexibility index (Phi) is 4.41. The summed E-state index contributed by atoms with van der Waals surface area (Å²) in [6, 6.07) is 0.630. The molecule has 7 nitrogen and oxygen atoms in total. The molecule has 1 N–H and O–H groups in total. The van der Waals surface area contributed by atoms with Crippen LogP contribution in [0.4, 0.5) is 5.69 Å². The highest BCUT2D eigenvalue weighted by atomic mass is 35.5. The summed E-state index contributed by atoms with van der Waals surface area (Å²) >= 11 is 5.31. The van der Waals surface area contributed by atoms with E-state index < -0.39 is 30.8 Å². The number of nitrogens with zero attached hydrogens (tertiary/aromatic N) is 2. The van der Waals surface area contributed by atoms with Crippen molar-refractivity contribution in [1.82, 2.24) is 4.98 Å². The van der Waals surface area contributed by atoms with Crippen LogP contribution in [-0.2, 0) is 10.1 Å². The molecule has 1 heterocycles. The van der Waals surface area contributed by atoms with Crippen LogP contribution in [0, 0.1) is 10.1 Å². The molecule has 0 aromatic carbocycles. The molecule has 1 aromatic rings. The van der Waals surface area contributed by atoms with Gasteiger partial charge in [0.15, 0.2) is 0 Å². The van der Waals surface area contributed by atoms with Crippen LogP contribution in [0.5, 0.6) is 0 Å². The molecule has 0 bridgehead atoms. The van der Waals surface area contributed by atoms with Crippen LogP contribution in [0.1, 0.15) is 0 Å². The van der Waals surface area contributed by atoms with Gasteiger partial charge in [-0.05, 0) is 0 Å². The van der Waals surface area contributed by atoms with Gasteiger partial charge < -0.3 is 0 Å². The van der Waals surface area contributed by atoms with Crippen LogP contribution in [0.3, 0.4) is 0 Å². The molecule has 1 rings (SSSR count). The summed E-state index contributed by atoms with van der Waals surface area (Å²) < 4.78 is 29.7. The van der Waals surface area contributed by atoms with Crippen LogP contribution in [0.2, 0.25) is 5.15 Å². The van der Waals surface area contributed by atoms with Crippen molar-refractivity contribution in [2.45, 2.75) is 4.90 Å². The van der Waals surface area contributed by atoms with Gasteiger partial charge in [-0.25, -0.2) is 4.98 Å². The molecular formula is C5H4Cl2N2O5S. The zero-order chi connectivity index (χ0) is 10.9. The lowest BCUT2D eigenvalue weighted by Crippen LogP contribution is -2.01. The second-order valence-electron chi connectivity index (χ2n) is 2.21. The van der Waals surface area contributed by atoms with E-state index in [2.05, 4.69) is 4.98 Å². The first-order chi connectivity index (χ1) is 6.32. The largest absolute Gasteiger partial charge is 0.307 e. The highest BCUT2D eigenvalue weighted by molar-refractivity contribution is 7.85. The molecule has 0 saturated heterocycles. The second kappa shape index (κ2) is 4.71. The predicted molar refractivity (Wildman–Crippen MR) is 53.0 cm³/mol. The van der Waals surface area contributed by atoms with Crippen molar-refractivity contribution in [3.05, 3.63) is 27.5 Å². The zero-order valence-electron chi connectivity index (χ0n) is 6.82. The summed E-state index contributed by atoms with van der Waals surface area (Å²) in [5, 5.41) is 9.86. The van der Waals surface area contributed by atoms with Gasteiger partial charge in [0.05, 0.1) is 11.1 Å². The number of pyridine rings is 1. The van der Waals surface area contributed by atoms with Crippen molar-refractivity contribution < 1.29 is 17.9 Å². The normalized spacial score (nSPS) is 10.5. The predicted octanol–water partition coefficient (Wildman–Crippen LogP) is 1.31. The fourth-order valence-corrected chi connectivity index (χ4v) is 1.31. The molecule has 15 heavy (non-hydrogen) atoms. The minimum absolute atomic E-state index is 0. The molecule has 0 aliphatic carbocycles. The summed E-state index contributed by atoms with van der Waals surface area (Å²) in [5.41, 5.74) is -0.679. The molecule has 0 unspecified atom stereocenters. The van der Waals surface area contributed by atoms with E-state index >= 15 is 0 Å². The van der Waals surface area contributed by atoms with E-state index in [4.69, 9.17) is 16.2 Å². The van der Waals surface area contributed by atoms with Crippen LogP contribution in [-0.4, -0.2) is 22.9 Å². The van der Waals surface area contributed by atoms with Gasteiger partial charge in [-0.2, -0.15) is 8.42 Å². The number of halogens is 2. The van der Waals surface area contributed by atoms with Gasteiger partial charge in [0.1, 0.15) is 4.90 Å². The highest BCUT2D eigenvalue weighted by Crippen LogP contribution is 2.24. The van der Waals surface area contributed by atoms with E-state index in [0.717, 1.165) is 6.20 Å². The maximum atomic E-state index is 10.6. The molecule has 10 heteroatoms. The Labute approximate surface area is 95.4 Å². The SMILES string of the molecule is Cl.O=[N+]([O-])c1cc(S(=O)(=O)O)cnc1Cl. The van der Waals surface area contributed by atoms with E-state index in [9.17, 15) is 18.5 Å². The van der Waals surface area contributed by atoms with Crippen molar-refractivity contribution in [3.63, 3.8) is 0 Å². The van der Waals surface area contributed by atoms with Gasteiger partial charge >= 0.3 is 5.69 Å². The summed E-state index contributed by atoms with van der Waals surface area (Å²) in [6.07, 6.45) is 0.727. The zero-order valence-corrected chi connectivity index (χ0v) is 9.21. The Hall–Kier alpha value is -0.960. The van der Waals surface area contributed by atoms with Crippen LogP contribution in [0.25, 0.3) is 0 Å². The molecule has 0 atom stereocenters. The molecule has 0 spiro atoms. The number of hydrogen-bond donors (Lipinski definition) is 1. The van der Waals surface area contributed by atoms with E-state index in [1.807, 2.05) is 0 Å². The van der Waals surface area contributed by atoms with Gasteiger partial charge in [0.2, 0.25) is 5.15 Å². The third-order valence-corrected chi connectivity index (χ3v) is 2.40. The number of nitro groups is 1. The van der Waals surface area contributed by atoms with E-state index in [0.29, 0.717) is 6.07 Å². The van der Waals surface area contributed by atoms with Crippen molar-refractivity contribution in [1.29, 1.82) is 0 Å². The van der Waals surface area contributed by atoms with E-state index in [1.165, 1.54) is 0 Å². The summed E-state index contributed by atoms with van der Waals surface area (Å²) in [6.45, 7) is 0. The molecule has 1 aromatic heterocycles. The molecule has 0 aliphatic heterocycles. The fraction of sp³-hybridized carbons (Fsp3) is 0. The lowest BCUT2D eigenvalue weighted by atomic mass is 10.4. The number of hydrogen-bond acceptors (Lipinski definition) is 5. The lowest BCUT2D eigenvalue weighted by Gasteiger charge is -1.97. The molecular weight excluding hydrogens is 271 g/mol. The van der Waals surface area contributed by atoms with Crippen molar-refractivity contribution in [2.75, 3.05) is 0 Å². The maximum absolute atomic E-state index is 10.6. The quantitative estimate of drug-likeness (QED) is 0.377. The topological polar surface area (TPSA) is 110 Å². The fourth-order valence-electron chi connectivity index (χ4n) is 0.687. The van der Waals surface area contributed by atoms with E-state index in [-0.39, 0.29) is 12.4 Å². The Morgan fingerprint density at radius 1 is 1.53 bits per heavy atom. The summed E-state index contributed by atoms with van der Waals surface area (Å²) in [7, 11) is -4.50. The average Bonchev–Trinajstić information content (AvgIpc) is 2.02. The first-order valence-electron chi connectivity index (χ1n) is 3.10. The van der Waals surface area contributed by atoms with Crippen LogP contribution in [0.15, 0.2) is 17.2 Å². The second-order valence-corrected chi connectivity index (χ2v) is 3.99. The Morgan fingerprint density at radius 3 is 2.47 bits per heavy atom. The minimum atomic E-state index is -4.50. The average molecular weight is 275 g/mol. The standard InChI is InChI=1S/C5H3ClN2O5S.ClH/c6-5-4(8(9)10)1-3(2-7-5)14(11,12)13;/h1-2H,(H,11,12,13);1H. The molecule has 0 fully saturated rings. The Morgan fingerprint density at radius 2 is 2.07 bits per heavy atom. The first kappa shape index (κ1) is 14.0. The molecule has 0 radical (unpaired) electrons. The summed E-state index contributed by atoms with van der Waals surface area (Å²) in [4.78, 5) is 12.0. The minimum Gasteiger partial charge on any atom is -0.282 e. The Bertz CT molecular complexity index is 488. The molecule has 0 aliphatic rings. The Balaban J connectivity index is 0.00000196. The number of aromatic nitrogens is 1. The number of rotatable bonds is 2. The smallest absolute Gasteiger partial charge is 0.282 e. The van der Waals surface area contributed by atoms with Gasteiger partial charge in [-0.15, -0.1) is 12.4 Å². The van der Waals surface area contributed by atoms with Crippen molar-refractivity contribution >= 4 is 39.8 Å². The van der Waals surface area contributed by atoms with Gasteiger partial charge in [0, 0.05) is 6.07 Å². The van der Waals surface area contributed by atoms with Gasteiger partial charge in [-0.1, -0.05) is 11.6 Å². The molecule has 84 valence electrons. The van der Waals surface area contributed by atoms with E-state index in [1.54, 1.807) is 0 Å². The first-order valence-corrected chi connectivity index (χ1v) is 4.91. The molecule has 0 saturated carbocycles. The summed E-state index contributed by atoms with van der Waals surface area (Å²) in [5.74, 6) is 0. The molecule has 0 amide bonds. The van der Waals surface area contributed by atoms with Crippen LogP contribution < -0.4 is 0 Å².